The fourth-order valence-electron chi connectivity index (χ4n) is 2.97. The molecule has 24 heavy (non-hydrogen) atoms. The molecule has 3 N–H and O–H groups in total. The molecule has 1 amide bonds. The van der Waals surface area contributed by atoms with Crippen LogP contribution in [0.5, 0.6) is 0 Å². The van der Waals surface area contributed by atoms with Crippen molar-refractivity contribution in [2.45, 2.75) is 38.5 Å². The summed E-state index contributed by atoms with van der Waals surface area (Å²) >= 11 is 0. The molecule has 1 aliphatic carbocycles. The summed E-state index contributed by atoms with van der Waals surface area (Å²) < 4.78 is 5.03. The van der Waals surface area contributed by atoms with Crippen LogP contribution in [0.2, 0.25) is 0 Å². The van der Waals surface area contributed by atoms with E-state index in [1.807, 2.05) is 0 Å². The van der Waals surface area contributed by atoms with Crippen LogP contribution in [0.15, 0.2) is 27.8 Å². The summed E-state index contributed by atoms with van der Waals surface area (Å²) in [5.74, 6) is 1.85. The van der Waals surface area contributed by atoms with E-state index in [-0.39, 0.29) is 29.9 Å². The number of carbonyl (C=O) groups excluding carboxylic acids is 1. The lowest BCUT2D eigenvalue weighted by Crippen LogP contribution is -2.41. The largest absolute Gasteiger partial charge is 0.459 e. The number of hydrogen-bond acceptors (Lipinski definition) is 3. The van der Waals surface area contributed by atoms with Crippen LogP contribution in [-0.4, -0.2) is 38.5 Å². The van der Waals surface area contributed by atoms with Gasteiger partial charge in [0.2, 0.25) is 0 Å². The average Bonchev–Trinajstić information content (AvgIpc) is 3.26. The van der Waals surface area contributed by atoms with Gasteiger partial charge in [-0.2, -0.15) is 0 Å². The Balaban J connectivity index is 0.00000288. The summed E-state index contributed by atoms with van der Waals surface area (Å²) in [5.41, 5.74) is 0. The minimum absolute atomic E-state index is 0. The molecule has 1 aromatic heterocycles. The lowest BCUT2D eigenvalue weighted by atomic mass is 10.0. The zero-order chi connectivity index (χ0) is 16.3. The normalized spacial score (nSPS) is 15.0. The van der Waals surface area contributed by atoms with Crippen molar-refractivity contribution in [3.05, 3.63) is 24.2 Å². The first kappa shape index (κ1) is 20.8. The third-order valence-corrected chi connectivity index (χ3v) is 4.23. The Morgan fingerprint density at radius 1 is 1.21 bits per heavy atom. The molecule has 7 heteroatoms. The van der Waals surface area contributed by atoms with Crippen LogP contribution in [0, 0.1) is 5.92 Å². The van der Waals surface area contributed by atoms with Gasteiger partial charge in [0.1, 0.15) is 0 Å². The maximum absolute atomic E-state index is 11.7. The van der Waals surface area contributed by atoms with Gasteiger partial charge in [0.25, 0.3) is 5.91 Å². The molecule has 1 saturated carbocycles. The molecule has 1 aromatic rings. The first-order valence-electron chi connectivity index (χ1n) is 8.56. The fraction of sp³-hybridized carbons (Fsp3) is 0.647. The lowest BCUT2D eigenvalue weighted by molar-refractivity contribution is 0.0926. The molecule has 0 spiro atoms. The molecule has 0 radical (unpaired) electrons. The molecule has 0 unspecified atom stereocenters. The van der Waals surface area contributed by atoms with Gasteiger partial charge in [-0.15, -0.1) is 24.0 Å². The summed E-state index contributed by atoms with van der Waals surface area (Å²) in [4.78, 5) is 15.9. The molecule has 0 aromatic carbocycles. The molecule has 6 nitrogen and oxygen atoms in total. The Labute approximate surface area is 161 Å². The molecule has 0 saturated heterocycles. The number of aliphatic imine (C=N–C) groups is 1. The molecule has 1 aliphatic rings. The highest BCUT2D eigenvalue weighted by molar-refractivity contribution is 14.0. The van der Waals surface area contributed by atoms with E-state index in [0.29, 0.717) is 18.8 Å². The number of amides is 1. The number of hydrogen-bond donors (Lipinski definition) is 3. The lowest BCUT2D eigenvalue weighted by Gasteiger charge is -2.13. The quantitative estimate of drug-likeness (QED) is 0.247. The van der Waals surface area contributed by atoms with Gasteiger partial charge in [0.15, 0.2) is 11.7 Å². The Kier molecular flexibility index (Phi) is 10.5. The van der Waals surface area contributed by atoms with Crippen LogP contribution in [0.4, 0.5) is 0 Å². The minimum atomic E-state index is -0.198. The van der Waals surface area contributed by atoms with E-state index in [9.17, 15) is 4.79 Å². The smallest absolute Gasteiger partial charge is 0.287 e. The van der Waals surface area contributed by atoms with Gasteiger partial charge < -0.3 is 20.4 Å². The summed E-state index contributed by atoms with van der Waals surface area (Å²) in [7, 11) is 1.76. The molecule has 0 atom stereocenters. The molecule has 1 fully saturated rings. The third kappa shape index (κ3) is 7.55. The van der Waals surface area contributed by atoms with Crippen LogP contribution in [0.3, 0.4) is 0 Å². The van der Waals surface area contributed by atoms with Crippen molar-refractivity contribution >= 4 is 35.8 Å². The average molecular weight is 448 g/mol. The van der Waals surface area contributed by atoms with E-state index in [0.717, 1.165) is 18.4 Å². The van der Waals surface area contributed by atoms with Crippen LogP contribution >= 0.6 is 24.0 Å². The first-order valence-corrected chi connectivity index (χ1v) is 8.56. The Morgan fingerprint density at radius 2 is 1.92 bits per heavy atom. The third-order valence-electron chi connectivity index (χ3n) is 4.23. The van der Waals surface area contributed by atoms with Gasteiger partial charge in [-0.25, -0.2) is 0 Å². The second kappa shape index (κ2) is 12.2. The van der Waals surface area contributed by atoms with E-state index >= 15 is 0 Å². The summed E-state index contributed by atoms with van der Waals surface area (Å²) in [5, 5.41) is 9.30. The first-order chi connectivity index (χ1) is 11.3. The molecule has 1 heterocycles. The van der Waals surface area contributed by atoms with Crippen molar-refractivity contribution in [3.8, 4) is 0 Å². The van der Waals surface area contributed by atoms with Crippen molar-refractivity contribution in [1.29, 1.82) is 0 Å². The van der Waals surface area contributed by atoms with Gasteiger partial charge in [-0.05, 0) is 30.9 Å². The Bertz CT molecular complexity index is 485. The molecular formula is C17H29IN4O2. The fourth-order valence-corrected chi connectivity index (χ4v) is 2.97. The van der Waals surface area contributed by atoms with Crippen molar-refractivity contribution in [1.82, 2.24) is 16.0 Å². The summed E-state index contributed by atoms with van der Waals surface area (Å²) in [6.07, 6.45) is 9.61. The molecule has 0 bridgehead atoms. The highest BCUT2D eigenvalue weighted by Gasteiger charge is 2.14. The summed E-state index contributed by atoms with van der Waals surface area (Å²) in [6.45, 7) is 2.08. The van der Waals surface area contributed by atoms with E-state index in [1.165, 1.54) is 44.8 Å². The monoisotopic (exact) mass is 448 g/mol. The van der Waals surface area contributed by atoms with Gasteiger partial charge in [0.05, 0.1) is 6.26 Å². The number of furan rings is 1. The van der Waals surface area contributed by atoms with E-state index in [4.69, 9.17) is 4.42 Å². The van der Waals surface area contributed by atoms with E-state index in [2.05, 4.69) is 20.9 Å². The number of carbonyl (C=O) groups is 1. The molecule has 2 rings (SSSR count). The number of nitrogens with one attached hydrogen (secondary N) is 3. The number of rotatable bonds is 8. The van der Waals surface area contributed by atoms with Crippen molar-refractivity contribution in [3.63, 3.8) is 0 Å². The van der Waals surface area contributed by atoms with Gasteiger partial charge in [-0.1, -0.05) is 25.7 Å². The second-order valence-electron chi connectivity index (χ2n) is 5.95. The van der Waals surface area contributed by atoms with E-state index in [1.54, 1.807) is 19.2 Å². The number of nitrogens with zero attached hydrogens (tertiary/aromatic N) is 1. The second-order valence-corrected chi connectivity index (χ2v) is 5.95. The van der Waals surface area contributed by atoms with Crippen LogP contribution < -0.4 is 16.0 Å². The highest BCUT2D eigenvalue weighted by Crippen LogP contribution is 2.28. The zero-order valence-electron chi connectivity index (χ0n) is 14.3. The zero-order valence-corrected chi connectivity index (χ0v) is 16.7. The number of guanidine groups is 1. The molecule has 136 valence electrons. The topological polar surface area (TPSA) is 78.7 Å². The predicted molar refractivity (Wildman–Crippen MR) is 107 cm³/mol. The van der Waals surface area contributed by atoms with Gasteiger partial charge in [0, 0.05) is 26.7 Å². The van der Waals surface area contributed by atoms with Gasteiger partial charge >= 0.3 is 0 Å². The Morgan fingerprint density at radius 3 is 2.58 bits per heavy atom. The van der Waals surface area contributed by atoms with E-state index < -0.39 is 0 Å². The highest BCUT2D eigenvalue weighted by atomic mass is 127. The predicted octanol–water partition coefficient (Wildman–Crippen LogP) is 2.76. The maximum Gasteiger partial charge on any atom is 0.287 e. The van der Waals surface area contributed by atoms with Crippen molar-refractivity contribution < 1.29 is 9.21 Å². The number of halogens is 1. The Hall–Kier alpha value is -1.25. The standard InChI is InChI=1S/C17H28N4O2.HI/c1-18-17(20-10-4-8-14-6-2-3-7-14)21-12-11-19-16(22)15-9-5-13-23-15;/h5,9,13-14H,2-4,6-8,10-12H2,1H3,(H,19,22)(H2,18,20,21);1H. The van der Waals surface area contributed by atoms with Crippen LogP contribution in [0.1, 0.15) is 49.1 Å². The van der Waals surface area contributed by atoms with Crippen LogP contribution in [-0.2, 0) is 0 Å². The SMILES string of the molecule is CN=C(NCCCC1CCCC1)NCCNC(=O)c1ccco1.I. The minimum Gasteiger partial charge on any atom is -0.459 e. The summed E-state index contributed by atoms with van der Waals surface area (Å²) in [6, 6.07) is 3.35. The maximum atomic E-state index is 11.7. The van der Waals surface area contributed by atoms with Gasteiger partial charge in [-0.3, -0.25) is 9.79 Å². The van der Waals surface area contributed by atoms with Crippen LogP contribution in [0.25, 0.3) is 0 Å². The molecule has 0 aliphatic heterocycles. The van der Waals surface area contributed by atoms with Crippen molar-refractivity contribution in [2.75, 3.05) is 26.7 Å². The van der Waals surface area contributed by atoms with Crippen molar-refractivity contribution in [2.24, 2.45) is 10.9 Å². The molecular weight excluding hydrogens is 419 g/mol.